The van der Waals surface area contributed by atoms with Gasteiger partial charge >= 0.3 is 0 Å². The van der Waals surface area contributed by atoms with E-state index in [1.165, 1.54) is 23.9 Å². The minimum absolute atomic E-state index is 0.0423. The van der Waals surface area contributed by atoms with Crippen molar-refractivity contribution in [3.63, 3.8) is 0 Å². The Kier molecular flexibility index (Phi) is 4.65. The molecule has 0 fully saturated rings. The molecule has 1 aliphatic heterocycles. The Morgan fingerprint density at radius 3 is 3.11 bits per heavy atom. The summed E-state index contributed by atoms with van der Waals surface area (Å²) in [7, 11) is 0. The average Bonchev–Trinajstić information content (AvgIpc) is 2.96. The Morgan fingerprint density at radius 2 is 2.44 bits per heavy atom. The van der Waals surface area contributed by atoms with E-state index < -0.39 is 11.7 Å². The molecule has 0 radical (unpaired) electrons. The third kappa shape index (κ3) is 3.74. The summed E-state index contributed by atoms with van der Waals surface area (Å²) in [5.74, 6) is -1.50. The molecule has 0 bridgehead atoms. The zero-order valence-corrected chi connectivity index (χ0v) is 10.8. The second kappa shape index (κ2) is 6.24. The van der Waals surface area contributed by atoms with Gasteiger partial charge in [-0.3, -0.25) is 15.1 Å². The molecular weight excluding hydrogens is 282 g/mol. The smallest absolute Gasteiger partial charge is 0.292 e. The van der Waals surface area contributed by atoms with Crippen LogP contribution in [0.25, 0.3) is 0 Å². The molecule has 0 aromatic carbocycles. The number of furan rings is 1. The first kappa shape index (κ1) is 13.4. The molecule has 0 saturated carbocycles. The number of halogens is 2. The SMILES string of the molecule is O=C(NC1=NCCS1)c1ccc(CSC(F)F)o1. The Labute approximate surface area is 111 Å². The van der Waals surface area contributed by atoms with E-state index in [0.717, 1.165) is 5.75 Å². The molecule has 1 aliphatic rings. The zero-order valence-electron chi connectivity index (χ0n) is 9.19. The van der Waals surface area contributed by atoms with Gasteiger partial charge in [-0.05, 0) is 12.1 Å². The van der Waals surface area contributed by atoms with Crippen LogP contribution in [0, 0.1) is 0 Å². The molecule has 2 rings (SSSR count). The van der Waals surface area contributed by atoms with Crippen molar-refractivity contribution in [3.05, 3.63) is 23.7 Å². The van der Waals surface area contributed by atoms with E-state index in [9.17, 15) is 13.6 Å². The van der Waals surface area contributed by atoms with E-state index in [-0.39, 0.29) is 11.5 Å². The molecule has 4 nitrogen and oxygen atoms in total. The minimum Gasteiger partial charge on any atom is -0.455 e. The topological polar surface area (TPSA) is 54.6 Å². The number of amidine groups is 1. The summed E-state index contributed by atoms with van der Waals surface area (Å²) in [5.41, 5.74) is 0. The number of alkyl halides is 2. The molecule has 18 heavy (non-hydrogen) atoms. The Morgan fingerprint density at radius 1 is 1.61 bits per heavy atom. The van der Waals surface area contributed by atoms with Crippen molar-refractivity contribution in [2.75, 3.05) is 12.3 Å². The number of carbonyl (C=O) groups is 1. The molecule has 98 valence electrons. The lowest BCUT2D eigenvalue weighted by atomic mass is 10.4. The molecule has 8 heteroatoms. The predicted octanol–water partition coefficient (Wildman–Crippen LogP) is 2.57. The standard InChI is InChI=1S/C10H10F2N2O2S2/c11-9(12)18-5-6-1-2-7(16-6)8(15)14-10-13-3-4-17-10/h1-2,9H,3-5H2,(H,13,14,15). The monoisotopic (exact) mass is 292 g/mol. The summed E-state index contributed by atoms with van der Waals surface area (Å²) < 4.78 is 29.1. The van der Waals surface area contributed by atoms with Crippen LogP contribution in [0.5, 0.6) is 0 Å². The second-order valence-electron chi connectivity index (χ2n) is 3.33. The molecular formula is C10H10F2N2O2S2. The molecule has 0 unspecified atom stereocenters. The van der Waals surface area contributed by atoms with Gasteiger partial charge in [0.05, 0.1) is 12.3 Å². The first-order valence-corrected chi connectivity index (χ1v) is 7.15. The van der Waals surface area contributed by atoms with Crippen molar-refractivity contribution in [1.29, 1.82) is 0 Å². The van der Waals surface area contributed by atoms with Crippen LogP contribution in [0.1, 0.15) is 16.3 Å². The molecule has 2 heterocycles. The quantitative estimate of drug-likeness (QED) is 0.926. The van der Waals surface area contributed by atoms with Crippen molar-refractivity contribution in [2.45, 2.75) is 11.5 Å². The third-order valence-corrected chi connectivity index (χ3v) is 3.64. The van der Waals surface area contributed by atoms with E-state index in [1.807, 2.05) is 0 Å². The number of hydrogen-bond acceptors (Lipinski definition) is 5. The van der Waals surface area contributed by atoms with E-state index >= 15 is 0 Å². The van der Waals surface area contributed by atoms with Crippen LogP contribution >= 0.6 is 23.5 Å². The van der Waals surface area contributed by atoms with E-state index in [1.54, 1.807) is 0 Å². The average molecular weight is 292 g/mol. The number of hydrogen-bond donors (Lipinski definition) is 1. The summed E-state index contributed by atoms with van der Waals surface area (Å²) in [5, 5.41) is 3.17. The fraction of sp³-hybridized carbons (Fsp3) is 0.400. The van der Waals surface area contributed by atoms with E-state index in [2.05, 4.69) is 10.3 Å². The van der Waals surface area contributed by atoms with Crippen molar-refractivity contribution in [1.82, 2.24) is 5.32 Å². The van der Waals surface area contributed by atoms with Crippen LogP contribution in [0.4, 0.5) is 8.78 Å². The molecule has 0 saturated heterocycles. The molecule has 0 aliphatic carbocycles. The number of rotatable bonds is 4. The number of nitrogens with one attached hydrogen (secondary N) is 1. The zero-order chi connectivity index (χ0) is 13.0. The van der Waals surface area contributed by atoms with Crippen LogP contribution in [-0.2, 0) is 5.75 Å². The maximum atomic E-state index is 12.0. The van der Waals surface area contributed by atoms with Crippen molar-refractivity contribution >= 4 is 34.6 Å². The highest BCUT2D eigenvalue weighted by Gasteiger charge is 2.16. The van der Waals surface area contributed by atoms with Gasteiger partial charge in [0.2, 0.25) is 0 Å². The number of amides is 1. The summed E-state index contributed by atoms with van der Waals surface area (Å²) in [6.45, 7) is 0.689. The number of thioether (sulfide) groups is 2. The lowest BCUT2D eigenvalue weighted by molar-refractivity contribution is 0.0949. The maximum Gasteiger partial charge on any atom is 0.292 e. The van der Waals surface area contributed by atoms with E-state index in [4.69, 9.17) is 4.42 Å². The van der Waals surface area contributed by atoms with Crippen molar-refractivity contribution in [2.24, 2.45) is 4.99 Å². The van der Waals surface area contributed by atoms with Crippen LogP contribution in [0.2, 0.25) is 0 Å². The Bertz CT molecular complexity index is 462. The molecule has 1 amide bonds. The summed E-state index contributed by atoms with van der Waals surface area (Å²) in [6, 6.07) is 2.99. The fourth-order valence-electron chi connectivity index (χ4n) is 1.29. The normalized spacial score (nSPS) is 14.9. The summed E-state index contributed by atoms with van der Waals surface area (Å²) in [6.07, 6.45) is 0. The van der Waals surface area contributed by atoms with Crippen molar-refractivity contribution in [3.8, 4) is 0 Å². The highest BCUT2D eigenvalue weighted by Crippen LogP contribution is 2.21. The molecule has 1 N–H and O–H groups in total. The maximum absolute atomic E-state index is 12.0. The number of aliphatic imine (C=N–C) groups is 1. The van der Waals surface area contributed by atoms with Gasteiger partial charge in [0.25, 0.3) is 11.7 Å². The van der Waals surface area contributed by atoms with Gasteiger partial charge in [-0.1, -0.05) is 23.5 Å². The van der Waals surface area contributed by atoms with Crippen LogP contribution < -0.4 is 5.32 Å². The molecule has 0 spiro atoms. The van der Waals surface area contributed by atoms with Crippen LogP contribution in [-0.4, -0.2) is 29.1 Å². The van der Waals surface area contributed by atoms with Gasteiger partial charge in [0.15, 0.2) is 10.9 Å². The van der Waals surface area contributed by atoms with Gasteiger partial charge in [0.1, 0.15) is 5.76 Å². The lowest BCUT2D eigenvalue weighted by Crippen LogP contribution is -2.26. The number of nitrogens with zero attached hydrogens (tertiary/aromatic N) is 1. The van der Waals surface area contributed by atoms with Crippen LogP contribution in [0.3, 0.4) is 0 Å². The van der Waals surface area contributed by atoms with Crippen molar-refractivity contribution < 1.29 is 18.0 Å². The number of carbonyl (C=O) groups excluding carboxylic acids is 1. The van der Waals surface area contributed by atoms with Crippen LogP contribution in [0.15, 0.2) is 21.5 Å². The summed E-state index contributed by atoms with van der Waals surface area (Å²) >= 11 is 1.92. The van der Waals surface area contributed by atoms with Gasteiger partial charge in [0, 0.05) is 5.75 Å². The molecule has 0 atom stereocenters. The second-order valence-corrected chi connectivity index (χ2v) is 5.39. The Hall–Kier alpha value is -1.02. The molecule has 1 aromatic rings. The van der Waals surface area contributed by atoms with Gasteiger partial charge in [-0.2, -0.15) is 8.78 Å². The first-order chi connectivity index (χ1) is 8.65. The van der Waals surface area contributed by atoms with E-state index in [0.29, 0.717) is 29.2 Å². The van der Waals surface area contributed by atoms with Gasteiger partial charge in [-0.15, -0.1) is 0 Å². The molecule has 1 aromatic heterocycles. The highest BCUT2D eigenvalue weighted by atomic mass is 32.2. The lowest BCUT2D eigenvalue weighted by Gasteiger charge is -2.00. The predicted molar refractivity (Wildman–Crippen MR) is 68.2 cm³/mol. The first-order valence-electron chi connectivity index (χ1n) is 5.12. The Balaban J connectivity index is 1.90. The summed E-state index contributed by atoms with van der Waals surface area (Å²) in [4.78, 5) is 15.8. The van der Waals surface area contributed by atoms with Gasteiger partial charge in [-0.25, -0.2) is 0 Å². The highest BCUT2D eigenvalue weighted by molar-refractivity contribution is 8.14. The minimum atomic E-state index is -2.45. The third-order valence-electron chi connectivity index (χ3n) is 2.04. The fourth-order valence-corrected chi connectivity index (χ4v) is 2.46. The largest absolute Gasteiger partial charge is 0.455 e. The van der Waals surface area contributed by atoms with Gasteiger partial charge < -0.3 is 4.42 Å².